The Morgan fingerprint density at radius 2 is 1.67 bits per heavy atom. The monoisotopic (exact) mass is 161 g/mol. The van der Waals surface area contributed by atoms with Crippen molar-refractivity contribution in [1.29, 1.82) is 0 Å². The molecule has 0 saturated carbocycles. The van der Waals surface area contributed by atoms with Gasteiger partial charge in [-0.3, -0.25) is 0 Å². The van der Waals surface area contributed by atoms with Gasteiger partial charge in [-0.1, -0.05) is 23.8 Å². The molecular formula is C11H15N. The van der Waals surface area contributed by atoms with E-state index in [-0.39, 0.29) is 0 Å². The molecule has 1 N–H and O–H groups in total. The summed E-state index contributed by atoms with van der Waals surface area (Å²) in [6.07, 6.45) is 0. The molecule has 0 aliphatic rings. The highest BCUT2D eigenvalue weighted by Crippen LogP contribution is 2.13. The summed E-state index contributed by atoms with van der Waals surface area (Å²) >= 11 is 0. The quantitative estimate of drug-likeness (QED) is 0.702. The van der Waals surface area contributed by atoms with E-state index >= 15 is 0 Å². The number of nitrogens with one attached hydrogen (secondary N) is 1. The Morgan fingerprint density at radius 1 is 1.17 bits per heavy atom. The zero-order valence-corrected chi connectivity index (χ0v) is 7.94. The molecule has 0 aliphatic carbocycles. The molecule has 0 radical (unpaired) electrons. The van der Waals surface area contributed by atoms with Crippen LogP contribution < -0.4 is 5.32 Å². The fraction of sp³-hybridized carbons (Fsp3) is 0.273. The van der Waals surface area contributed by atoms with E-state index in [2.05, 4.69) is 43.9 Å². The molecule has 0 heterocycles. The number of hydrogen-bond donors (Lipinski definition) is 1. The van der Waals surface area contributed by atoms with Gasteiger partial charge in [0, 0.05) is 12.7 Å². The van der Waals surface area contributed by atoms with Gasteiger partial charge in [-0.2, -0.15) is 0 Å². The third-order valence-corrected chi connectivity index (χ3v) is 1.87. The molecule has 0 saturated heterocycles. The maximum Gasteiger partial charge on any atom is 0.0338 e. The van der Waals surface area contributed by atoms with Crippen molar-refractivity contribution in [2.24, 2.45) is 0 Å². The zero-order chi connectivity index (χ0) is 9.14. The molecule has 0 amide bonds. The van der Waals surface area contributed by atoms with Crippen LogP contribution in [0.15, 0.2) is 24.8 Å². The second kappa shape index (κ2) is 3.44. The highest BCUT2D eigenvalue weighted by Gasteiger charge is 1.97. The lowest BCUT2D eigenvalue weighted by atomic mass is 10.1. The van der Waals surface area contributed by atoms with Gasteiger partial charge in [0.2, 0.25) is 0 Å². The van der Waals surface area contributed by atoms with Gasteiger partial charge < -0.3 is 5.32 Å². The molecule has 1 aromatic rings. The summed E-state index contributed by atoms with van der Waals surface area (Å²) in [6, 6.07) is 6.42. The predicted molar refractivity (Wildman–Crippen MR) is 54.0 cm³/mol. The second-order valence-corrected chi connectivity index (χ2v) is 3.10. The van der Waals surface area contributed by atoms with E-state index in [1.165, 1.54) is 16.7 Å². The van der Waals surface area contributed by atoms with Crippen molar-refractivity contribution in [2.75, 3.05) is 7.05 Å². The van der Waals surface area contributed by atoms with Crippen LogP contribution in [-0.4, -0.2) is 7.05 Å². The van der Waals surface area contributed by atoms with E-state index in [9.17, 15) is 0 Å². The van der Waals surface area contributed by atoms with Crippen molar-refractivity contribution in [3.63, 3.8) is 0 Å². The summed E-state index contributed by atoms with van der Waals surface area (Å²) in [7, 11) is 1.89. The molecule has 0 aromatic heterocycles. The maximum absolute atomic E-state index is 3.91. The number of hydrogen-bond acceptors (Lipinski definition) is 1. The Balaban J connectivity index is 3.08. The van der Waals surface area contributed by atoms with Gasteiger partial charge in [-0.25, -0.2) is 0 Å². The van der Waals surface area contributed by atoms with Gasteiger partial charge >= 0.3 is 0 Å². The van der Waals surface area contributed by atoms with E-state index in [0.29, 0.717) is 0 Å². The third kappa shape index (κ3) is 1.88. The number of aryl methyl sites for hydroxylation is 2. The molecule has 1 heteroatoms. The molecule has 12 heavy (non-hydrogen) atoms. The smallest absolute Gasteiger partial charge is 0.0338 e. The van der Waals surface area contributed by atoms with Crippen molar-refractivity contribution in [3.8, 4) is 0 Å². The lowest BCUT2D eigenvalue weighted by Crippen LogP contribution is -2.03. The molecule has 1 aromatic carbocycles. The van der Waals surface area contributed by atoms with Crippen molar-refractivity contribution in [3.05, 3.63) is 41.5 Å². The fourth-order valence-electron chi connectivity index (χ4n) is 1.29. The minimum absolute atomic E-state index is 0.974. The van der Waals surface area contributed by atoms with Crippen molar-refractivity contribution >= 4 is 5.70 Å². The van der Waals surface area contributed by atoms with Crippen LogP contribution >= 0.6 is 0 Å². The summed E-state index contributed by atoms with van der Waals surface area (Å²) in [4.78, 5) is 0. The first-order chi connectivity index (χ1) is 5.63. The van der Waals surface area contributed by atoms with E-state index in [0.717, 1.165) is 5.70 Å². The van der Waals surface area contributed by atoms with Crippen LogP contribution in [0, 0.1) is 13.8 Å². The largest absolute Gasteiger partial charge is 0.388 e. The second-order valence-electron chi connectivity index (χ2n) is 3.10. The van der Waals surface area contributed by atoms with Gasteiger partial charge in [0.15, 0.2) is 0 Å². The summed E-state index contributed by atoms with van der Waals surface area (Å²) in [5, 5.41) is 3.04. The number of rotatable bonds is 2. The average Bonchev–Trinajstić information content (AvgIpc) is 2.01. The maximum atomic E-state index is 3.91. The van der Waals surface area contributed by atoms with Crippen LogP contribution in [-0.2, 0) is 0 Å². The SMILES string of the molecule is C=C(NC)c1cc(C)cc(C)c1. The number of benzene rings is 1. The first-order valence-electron chi connectivity index (χ1n) is 4.09. The molecule has 0 atom stereocenters. The standard InChI is InChI=1S/C11H15N/c1-8-5-9(2)7-11(6-8)10(3)12-4/h5-7,12H,3H2,1-2,4H3. The van der Waals surface area contributed by atoms with E-state index in [4.69, 9.17) is 0 Å². The Morgan fingerprint density at radius 3 is 2.08 bits per heavy atom. The van der Waals surface area contributed by atoms with Crippen LogP contribution in [0.5, 0.6) is 0 Å². The highest BCUT2D eigenvalue weighted by molar-refractivity contribution is 5.62. The highest BCUT2D eigenvalue weighted by atomic mass is 14.8. The molecular weight excluding hydrogens is 146 g/mol. The molecule has 0 aliphatic heterocycles. The molecule has 0 fully saturated rings. The topological polar surface area (TPSA) is 12.0 Å². The summed E-state index contributed by atoms with van der Waals surface area (Å²) in [5.74, 6) is 0. The molecule has 1 rings (SSSR count). The predicted octanol–water partition coefficient (Wildman–Crippen LogP) is 2.49. The van der Waals surface area contributed by atoms with Crippen LogP contribution in [0.4, 0.5) is 0 Å². The van der Waals surface area contributed by atoms with Crippen LogP contribution in [0.3, 0.4) is 0 Å². The van der Waals surface area contributed by atoms with Crippen molar-refractivity contribution < 1.29 is 0 Å². The first-order valence-corrected chi connectivity index (χ1v) is 4.09. The Labute approximate surface area is 74.1 Å². The minimum Gasteiger partial charge on any atom is -0.388 e. The average molecular weight is 161 g/mol. The summed E-state index contributed by atoms with van der Waals surface area (Å²) in [5.41, 5.74) is 4.71. The fourth-order valence-corrected chi connectivity index (χ4v) is 1.29. The van der Waals surface area contributed by atoms with Gasteiger partial charge in [0.1, 0.15) is 0 Å². The zero-order valence-electron chi connectivity index (χ0n) is 7.94. The molecule has 64 valence electrons. The van der Waals surface area contributed by atoms with Crippen molar-refractivity contribution in [1.82, 2.24) is 5.32 Å². The molecule has 0 spiro atoms. The van der Waals surface area contributed by atoms with Gasteiger partial charge in [-0.05, 0) is 31.5 Å². The Kier molecular flexibility index (Phi) is 2.54. The molecule has 0 bridgehead atoms. The molecule has 0 unspecified atom stereocenters. The summed E-state index contributed by atoms with van der Waals surface area (Å²) < 4.78 is 0. The third-order valence-electron chi connectivity index (χ3n) is 1.87. The van der Waals surface area contributed by atoms with Gasteiger partial charge in [0.05, 0.1) is 0 Å². The first kappa shape index (κ1) is 8.85. The molecule has 1 nitrogen and oxygen atoms in total. The van der Waals surface area contributed by atoms with E-state index < -0.39 is 0 Å². The Hall–Kier alpha value is -1.24. The van der Waals surface area contributed by atoms with Crippen molar-refractivity contribution in [2.45, 2.75) is 13.8 Å². The lowest BCUT2D eigenvalue weighted by Gasteiger charge is -2.06. The Bertz CT molecular complexity index is 280. The van der Waals surface area contributed by atoms with Crippen LogP contribution in [0.1, 0.15) is 16.7 Å². The van der Waals surface area contributed by atoms with E-state index in [1.54, 1.807) is 0 Å². The normalized spacial score (nSPS) is 9.58. The summed E-state index contributed by atoms with van der Waals surface area (Å²) in [6.45, 7) is 8.11. The van der Waals surface area contributed by atoms with Crippen LogP contribution in [0.25, 0.3) is 5.70 Å². The lowest BCUT2D eigenvalue weighted by molar-refractivity contribution is 1.13. The minimum atomic E-state index is 0.974. The van der Waals surface area contributed by atoms with Gasteiger partial charge in [-0.15, -0.1) is 0 Å². The van der Waals surface area contributed by atoms with E-state index in [1.807, 2.05) is 7.05 Å². The van der Waals surface area contributed by atoms with Gasteiger partial charge in [0.25, 0.3) is 0 Å². The van der Waals surface area contributed by atoms with Crippen LogP contribution in [0.2, 0.25) is 0 Å².